The summed E-state index contributed by atoms with van der Waals surface area (Å²) in [4.78, 5) is 11.9. The van der Waals surface area contributed by atoms with Gasteiger partial charge in [-0.1, -0.05) is 41.9 Å². The van der Waals surface area contributed by atoms with Gasteiger partial charge in [-0.25, -0.2) is 0 Å². The molecule has 0 bridgehead atoms. The van der Waals surface area contributed by atoms with E-state index in [1.54, 1.807) is 18.2 Å². The van der Waals surface area contributed by atoms with Crippen LogP contribution in [0.5, 0.6) is 5.75 Å². The third-order valence-electron chi connectivity index (χ3n) is 3.54. The Kier molecular flexibility index (Phi) is 6.55. The van der Waals surface area contributed by atoms with Crippen molar-refractivity contribution in [3.8, 4) is 5.75 Å². The van der Waals surface area contributed by atoms with Crippen LogP contribution in [0.15, 0.2) is 42.5 Å². The standard InChI is InChI=1S/C18H18ClF2NO2/c1-12-6-7-13(10-15(12)19)8-9-17(23)22-11-14-4-2-3-5-16(14)24-18(20)21/h2-7,10,18H,8-9,11H2,1H3,(H,22,23). The van der Waals surface area contributed by atoms with Gasteiger partial charge in [0, 0.05) is 23.6 Å². The molecule has 0 radical (unpaired) electrons. The van der Waals surface area contributed by atoms with Gasteiger partial charge >= 0.3 is 6.61 Å². The van der Waals surface area contributed by atoms with Crippen molar-refractivity contribution in [2.75, 3.05) is 0 Å². The number of alkyl halides is 2. The van der Waals surface area contributed by atoms with Crippen LogP contribution >= 0.6 is 11.6 Å². The molecule has 2 aromatic carbocycles. The second-order valence-corrected chi connectivity index (χ2v) is 5.75. The molecule has 0 spiro atoms. The van der Waals surface area contributed by atoms with Crippen LogP contribution in [0.2, 0.25) is 5.02 Å². The fourth-order valence-electron chi connectivity index (χ4n) is 2.19. The van der Waals surface area contributed by atoms with E-state index < -0.39 is 6.61 Å². The predicted molar refractivity (Wildman–Crippen MR) is 89.4 cm³/mol. The average Bonchev–Trinajstić information content (AvgIpc) is 2.54. The highest BCUT2D eigenvalue weighted by Crippen LogP contribution is 2.20. The van der Waals surface area contributed by atoms with Crippen LogP contribution in [0, 0.1) is 6.92 Å². The van der Waals surface area contributed by atoms with Crippen molar-refractivity contribution in [2.45, 2.75) is 32.9 Å². The summed E-state index contributed by atoms with van der Waals surface area (Å²) >= 11 is 6.05. The lowest BCUT2D eigenvalue weighted by atomic mass is 10.1. The van der Waals surface area contributed by atoms with Gasteiger partial charge in [0.25, 0.3) is 0 Å². The van der Waals surface area contributed by atoms with E-state index in [9.17, 15) is 13.6 Å². The smallest absolute Gasteiger partial charge is 0.387 e. The first-order valence-electron chi connectivity index (χ1n) is 7.50. The van der Waals surface area contributed by atoms with Crippen molar-refractivity contribution < 1.29 is 18.3 Å². The Morgan fingerprint density at radius 1 is 1.25 bits per heavy atom. The number of ether oxygens (including phenoxy) is 1. The molecule has 0 aliphatic carbocycles. The van der Waals surface area contributed by atoms with E-state index >= 15 is 0 Å². The molecule has 0 unspecified atom stereocenters. The van der Waals surface area contributed by atoms with Gasteiger partial charge in [0.15, 0.2) is 0 Å². The number of nitrogens with one attached hydrogen (secondary N) is 1. The fraction of sp³-hybridized carbons (Fsp3) is 0.278. The molecule has 0 saturated carbocycles. The zero-order valence-corrected chi connectivity index (χ0v) is 13.9. The fourth-order valence-corrected chi connectivity index (χ4v) is 2.40. The Hall–Kier alpha value is -2.14. The molecule has 1 N–H and O–H groups in total. The Morgan fingerprint density at radius 2 is 2.00 bits per heavy atom. The third kappa shape index (κ3) is 5.49. The quantitative estimate of drug-likeness (QED) is 0.796. The lowest BCUT2D eigenvalue weighted by Gasteiger charge is -2.11. The van der Waals surface area contributed by atoms with Crippen molar-refractivity contribution in [2.24, 2.45) is 0 Å². The topological polar surface area (TPSA) is 38.3 Å². The molecular weight excluding hydrogens is 336 g/mol. The molecule has 6 heteroatoms. The zero-order chi connectivity index (χ0) is 17.5. The molecule has 0 saturated heterocycles. The number of carbonyl (C=O) groups is 1. The number of aryl methyl sites for hydroxylation is 2. The number of benzene rings is 2. The molecule has 0 aliphatic rings. The molecule has 0 heterocycles. The maximum absolute atomic E-state index is 12.3. The molecule has 2 aromatic rings. The average molecular weight is 354 g/mol. The van der Waals surface area contributed by atoms with Gasteiger partial charge in [0.2, 0.25) is 5.91 Å². The van der Waals surface area contributed by atoms with E-state index in [0.29, 0.717) is 17.0 Å². The number of halogens is 3. The molecule has 2 rings (SSSR count). The van der Waals surface area contributed by atoms with Gasteiger partial charge in [0.1, 0.15) is 5.75 Å². The Morgan fingerprint density at radius 3 is 2.71 bits per heavy atom. The van der Waals surface area contributed by atoms with Gasteiger partial charge in [-0.2, -0.15) is 8.78 Å². The lowest BCUT2D eigenvalue weighted by molar-refractivity contribution is -0.121. The minimum Gasteiger partial charge on any atom is -0.434 e. The number of para-hydroxylation sites is 1. The van der Waals surface area contributed by atoms with Crippen LogP contribution in [0.25, 0.3) is 0 Å². The van der Waals surface area contributed by atoms with E-state index in [2.05, 4.69) is 10.1 Å². The molecule has 0 atom stereocenters. The van der Waals surface area contributed by atoms with Gasteiger partial charge in [-0.3, -0.25) is 4.79 Å². The van der Waals surface area contributed by atoms with Gasteiger partial charge in [-0.05, 0) is 36.6 Å². The van der Waals surface area contributed by atoms with Crippen molar-refractivity contribution in [1.29, 1.82) is 0 Å². The second kappa shape index (κ2) is 8.64. The predicted octanol–water partition coefficient (Wildman–Crippen LogP) is 4.50. The van der Waals surface area contributed by atoms with Crippen LogP contribution in [0.3, 0.4) is 0 Å². The monoisotopic (exact) mass is 353 g/mol. The van der Waals surface area contributed by atoms with Crippen LogP contribution in [-0.2, 0) is 17.8 Å². The Balaban J connectivity index is 1.86. The summed E-state index contributed by atoms with van der Waals surface area (Å²) in [5.74, 6) is -0.100. The minimum absolute atomic E-state index is 0.0677. The number of carbonyl (C=O) groups excluding carboxylic acids is 1. The SMILES string of the molecule is Cc1ccc(CCC(=O)NCc2ccccc2OC(F)F)cc1Cl. The summed E-state index contributed by atoms with van der Waals surface area (Å²) in [5, 5.41) is 3.38. The molecular formula is C18H18ClF2NO2. The molecule has 128 valence electrons. The van der Waals surface area contributed by atoms with Crippen molar-refractivity contribution in [3.63, 3.8) is 0 Å². The summed E-state index contributed by atoms with van der Waals surface area (Å²) in [6.07, 6.45) is 0.846. The van der Waals surface area contributed by atoms with Crippen molar-refractivity contribution in [3.05, 3.63) is 64.2 Å². The summed E-state index contributed by atoms with van der Waals surface area (Å²) < 4.78 is 29.1. The van der Waals surface area contributed by atoms with Gasteiger partial charge < -0.3 is 10.1 Å². The van der Waals surface area contributed by atoms with Crippen molar-refractivity contribution in [1.82, 2.24) is 5.32 Å². The second-order valence-electron chi connectivity index (χ2n) is 5.35. The largest absolute Gasteiger partial charge is 0.434 e. The molecule has 0 aromatic heterocycles. The molecule has 1 amide bonds. The number of rotatable bonds is 7. The number of hydrogen-bond donors (Lipinski definition) is 1. The minimum atomic E-state index is -2.90. The van der Waals surface area contributed by atoms with Crippen LogP contribution in [0.1, 0.15) is 23.1 Å². The maximum atomic E-state index is 12.3. The first kappa shape index (κ1) is 18.2. The first-order chi connectivity index (χ1) is 11.5. The third-order valence-corrected chi connectivity index (χ3v) is 3.95. The van der Waals surface area contributed by atoms with Gasteiger partial charge in [0.05, 0.1) is 0 Å². The highest BCUT2D eigenvalue weighted by atomic mass is 35.5. The zero-order valence-electron chi connectivity index (χ0n) is 13.2. The van der Waals surface area contributed by atoms with Crippen molar-refractivity contribution >= 4 is 17.5 Å². The molecule has 24 heavy (non-hydrogen) atoms. The van der Waals surface area contributed by atoms with E-state index in [0.717, 1.165) is 11.1 Å². The maximum Gasteiger partial charge on any atom is 0.387 e. The van der Waals surface area contributed by atoms with E-state index in [-0.39, 0.29) is 24.6 Å². The Labute approximate surface area is 144 Å². The summed E-state index contributed by atoms with van der Waals surface area (Å²) in [6.45, 7) is -0.846. The number of amides is 1. The molecule has 0 aliphatic heterocycles. The summed E-state index contributed by atoms with van der Waals surface area (Å²) in [5.41, 5.74) is 2.47. The van der Waals surface area contributed by atoms with E-state index in [4.69, 9.17) is 11.6 Å². The number of hydrogen-bond acceptors (Lipinski definition) is 2. The first-order valence-corrected chi connectivity index (χ1v) is 7.88. The molecule has 0 fully saturated rings. The van der Waals surface area contributed by atoms with Crippen LogP contribution < -0.4 is 10.1 Å². The van der Waals surface area contributed by atoms with Gasteiger partial charge in [-0.15, -0.1) is 0 Å². The lowest BCUT2D eigenvalue weighted by Crippen LogP contribution is -2.23. The normalized spacial score (nSPS) is 10.7. The molecule has 3 nitrogen and oxygen atoms in total. The van der Waals surface area contributed by atoms with E-state index in [1.165, 1.54) is 6.07 Å². The van der Waals surface area contributed by atoms with Crippen LogP contribution in [-0.4, -0.2) is 12.5 Å². The van der Waals surface area contributed by atoms with E-state index in [1.807, 2.05) is 25.1 Å². The summed E-state index contributed by atoms with van der Waals surface area (Å²) in [7, 11) is 0. The highest BCUT2D eigenvalue weighted by molar-refractivity contribution is 6.31. The van der Waals surface area contributed by atoms with Crippen LogP contribution in [0.4, 0.5) is 8.78 Å². The highest BCUT2D eigenvalue weighted by Gasteiger charge is 2.10. The summed E-state index contributed by atoms with van der Waals surface area (Å²) in [6, 6.07) is 12.1. The Bertz CT molecular complexity index is 707.